The van der Waals surface area contributed by atoms with Crippen molar-refractivity contribution in [3.8, 4) is 0 Å². The first-order valence-electron chi connectivity index (χ1n) is 6.59. The second kappa shape index (κ2) is 5.20. The zero-order chi connectivity index (χ0) is 13.9. The number of hydrogen-bond acceptors (Lipinski definition) is 5. The lowest BCUT2D eigenvalue weighted by atomic mass is 10.4. The molecule has 0 amide bonds. The fourth-order valence-corrected chi connectivity index (χ4v) is 1.98. The first kappa shape index (κ1) is 12.5. The van der Waals surface area contributed by atoms with Gasteiger partial charge >= 0.3 is 0 Å². The van der Waals surface area contributed by atoms with Crippen molar-refractivity contribution >= 4 is 23.0 Å². The molecule has 0 aliphatic carbocycles. The molecule has 0 aliphatic rings. The van der Waals surface area contributed by atoms with Crippen LogP contribution in [0.4, 0.5) is 17.3 Å². The Kier molecular flexibility index (Phi) is 3.24. The fourth-order valence-electron chi connectivity index (χ4n) is 1.98. The largest absolute Gasteiger partial charge is 0.369 e. The summed E-state index contributed by atoms with van der Waals surface area (Å²) in [5, 5.41) is 10.7. The van der Waals surface area contributed by atoms with Gasteiger partial charge in [0.2, 0.25) is 0 Å². The molecule has 0 bridgehead atoms. The Balaban J connectivity index is 1.96. The van der Waals surface area contributed by atoms with E-state index in [1.54, 1.807) is 17.1 Å². The van der Waals surface area contributed by atoms with Crippen LogP contribution in [0.25, 0.3) is 5.65 Å². The molecule has 7 heteroatoms. The molecule has 3 aromatic heterocycles. The van der Waals surface area contributed by atoms with Gasteiger partial charge in [-0.1, -0.05) is 6.92 Å². The van der Waals surface area contributed by atoms with Crippen LogP contribution in [0.1, 0.15) is 13.3 Å². The van der Waals surface area contributed by atoms with E-state index in [4.69, 9.17) is 0 Å². The summed E-state index contributed by atoms with van der Waals surface area (Å²) in [6.45, 7) is 3.01. The highest BCUT2D eigenvalue weighted by Crippen LogP contribution is 2.20. The molecule has 3 rings (SSSR count). The lowest BCUT2D eigenvalue weighted by Crippen LogP contribution is -2.06. The molecule has 0 atom stereocenters. The lowest BCUT2D eigenvalue weighted by molar-refractivity contribution is 0.768. The maximum Gasteiger partial charge on any atom is 0.180 e. The van der Waals surface area contributed by atoms with Crippen LogP contribution in [0, 0.1) is 0 Å². The smallest absolute Gasteiger partial charge is 0.180 e. The molecule has 20 heavy (non-hydrogen) atoms. The molecule has 104 valence electrons. The van der Waals surface area contributed by atoms with Gasteiger partial charge in [0, 0.05) is 32.2 Å². The van der Waals surface area contributed by atoms with Gasteiger partial charge in [-0.2, -0.15) is 5.10 Å². The van der Waals surface area contributed by atoms with Crippen molar-refractivity contribution in [3.05, 3.63) is 31.0 Å². The number of aromatic nitrogens is 5. The predicted molar refractivity (Wildman–Crippen MR) is 78.3 cm³/mol. The zero-order valence-electron chi connectivity index (χ0n) is 11.5. The molecule has 0 saturated carbocycles. The molecule has 0 radical (unpaired) electrons. The van der Waals surface area contributed by atoms with Crippen LogP contribution < -0.4 is 10.6 Å². The van der Waals surface area contributed by atoms with Crippen LogP contribution in [0.5, 0.6) is 0 Å². The SMILES string of the molecule is CCCNc1cn2ccnc2c(Nc2cnn(C)c2)n1. The second-order valence-corrected chi connectivity index (χ2v) is 4.59. The number of nitrogens with zero attached hydrogens (tertiary/aromatic N) is 5. The number of fused-ring (bicyclic) bond motifs is 1. The molecule has 7 nitrogen and oxygen atoms in total. The van der Waals surface area contributed by atoms with Crippen molar-refractivity contribution in [2.45, 2.75) is 13.3 Å². The van der Waals surface area contributed by atoms with Gasteiger partial charge in [0.15, 0.2) is 11.5 Å². The minimum absolute atomic E-state index is 0.712. The van der Waals surface area contributed by atoms with E-state index >= 15 is 0 Å². The summed E-state index contributed by atoms with van der Waals surface area (Å²) >= 11 is 0. The van der Waals surface area contributed by atoms with E-state index in [9.17, 15) is 0 Å². The molecule has 0 aliphatic heterocycles. The first-order chi connectivity index (χ1) is 9.76. The first-order valence-corrected chi connectivity index (χ1v) is 6.59. The Morgan fingerprint density at radius 1 is 1.30 bits per heavy atom. The number of anilines is 3. The minimum Gasteiger partial charge on any atom is -0.369 e. The molecule has 2 N–H and O–H groups in total. The maximum atomic E-state index is 4.57. The molecule has 3 heterocycles. The van der Waals surface area contributed by atoms with E-state index in [1.807, 2.05) is 30.0 Å². The Morgan fingerprint density at radius 2 is 2.20 bits per heavy atom. The van der Waals surface area contributed by atoms with Crippen LogP contribution in [-0.2, 0) is 7.05 Å². The van der Waals surface area contributed by atoms with Gasteiger partial charge in [-0.3, -0.25) is 4.68 Å². The monoisotopic (exact) mass is 271 g/mol. The summed E-state index contributed by atoms with van der Waals surface area (Å²) in [5.74, 6) is 1.54. The molecular weight excluding hydrogens is 254 g/mol. The summed E-state index contributed by atoms with van der Waals surface area (Å²) in [6.07, 6.45) is 10.3. The van der Waals surface area contributed by atoms with Gasteiger partial charge in [-0.25, -0.2) is 9.97 Å². The van der Waals surface area contributed by atoms with E-state index in [1.165, 1.54) is 0 Å². The van der Waals surface area contributed by atoms with Crippen LogP contribution in [-0.4, -0.2) is 30.7 Å². The summed E-state index contributed by atoms with van der Waals surface area (Å²) in [7, 11) is 1.88. The van der Waals surface area contributed by atoms with Crippen molar-refractivity contribution in [2.75, 3.05) is 17.2 Å². The number of hydrogen-bond donors (Lipinski definition) is 2. The quantitative estimate of drug-likeness (QED) is 0.743. The third-order valence-corrected chi connectivity index (χ3v) is 2.90. The van der Waals surface area contributed by atoms with E-state index in [0.717, 1.165) is 30.1 Å². The number of nitrogens with one attached hydrogen (secondary N) is 2. The summed E-state index contributed by atoms with van der Waals surface area (Å²) < 4.78 is 3.69. The van der Waals surface area contributed by atoms with Crippen LogP contribution >= 0.6 is 0 Å². The van der Waals surface area contributed by atoms with Crippen molar-refractivity contribution < 1.29 is 0 Å². The predicted octanol–water partition coefficient (Wildman–Crippen LogP) is 2.03. The van der Waals surface area contributed by atoms with E-state index in [0.29, 0.717) is 5.82 Å². The Bertz CT molecular complexity index is 712. The van der Waals surface area contributed by atoms with Crippen molar-refractivity contribution in [1.82, 2.24) is 24.1 Å². The van der Waals surface area contributed by atoms with Gasteiger partial charge in [-0.15, -0.1) is 0 Å². The molecule has 0 spiro atoms. The molecule has 0 fully saturated rings. The van der Waals surface area contributed by atoms with Crippen molar-refractivity contribution in [2.24, 2.45) is 7.05 Å². The number of rotatable bonds is 5. The highest BCUT2D eigenvalue weighted by Gasteiger charge is 2.08. The van der Waals surface area contributed by atoms with Crippen LogP contribution in [0.15, 0.2) is 31.0 Å². The highest BCUT2D eigenvalue weighted by atomic mass is 15.3. The second-order valence-electron chi connectivity index (χ2n) is 4.59. The average Bonchev–Trinajstić information content (AvgIpc) is 3.05. The third kappa shape index (κ3) is 2.42. The van der Waals surface area contributed by atoms with Gasteiger partial charge < -0.3 is 15.0 Å². The maximum absolute atomic E-state index is 4.57. The topological polar surface area (TPSA) is 72.1 Å². The number of imidazole rings is 1. The molecule has 0 unspecified atom stereocenters. The van der Waals surface area contributed by atoms with E-state index in [-0.39, 0.29) is 0 Å². The molecular formula is C13H17N7. The summed E-state index contributed by atoms with van der Waals surface area (Å²) in [5.41, 5.74) is 1.67. The van der Waals surface area contributed by atoms with E-state index < -0.39 is 0 Å². The van der Waals surface area contributed by atoms with Crippen molar-refractivity contribution in [1.29, 1.82) is 0 Å². The Hall–Kier alpha value is -2.57. The molecule has 3 aromatic rings. The number of aryl methyl sites for hydroxylation is 1. The van der Waals surface area contributed by atoms with Gasteiger partial charge in [-0.05, 0) is 6.42 Å². The standard InChI is InChI=1S/C13H17N7/c1-3-4-14-11-9-20-6-5-15-13(20)12(18-11)17-10-7-16-19(2)8-10/h5-9,14H,3-4H2,1-2H3,(H,17,18). The summed E-state index contributed by atoms with van der Waals surface area (Å²) in [6, 6.07) is 0. The lowest BCUT2D eigenvalue weighted by Gasteiger charge is -2.09. The Morgan fingerprint density at radius 3 is 2.95 bits per heavy atom. The van der Waals surface area contributed by atoms with E-state index in [2.05, 4.69) is 32.6 Å². The van der Waals surface area contributed by atoms with Crippen LogP contribution in [0.2, 0.25) is 0 Å². The fraction of sp³-hybridized carbons (Fsp3) is 0.308. The molecule has 0 aromatic carbocycles. The van der Waals surface area contributed by atoms with Gasteiger partial charge in [0.05, 0.1) is 18.1 Å². The Labute approximate surface area is 116 Å². The minimum atomic E-state index is 0.712. The van der Waals surface area contributed by atoms with Crippen LogP contribution in [0.3, 0.4) is 0 Å². The van der Waals surface area contributed by atoms with Gasteiger partial charge in [0.25, 0.3) is 0 Å². The summed E-state index contributed by atoms with van der Waals surface area (Å²) in [4.78, 5) is 8.90. The third-order valence-electron chi connectivity index (χ3n) is 2.90. The zero-order valence-corrected chi connectivity index (χ0v) is 11.5. The van der Waals surface area contributed by atoms with Crippen molar-refractivity contribution in [3.63, 3.8) is 0 Å². The van der Waals surface area contributed by atoms with Gasteiger partial charge in [0.1, 0.15) is 5.82 Å². The average molecular weight is 271 g/mol. The highest BCUT2D eigenvalue weighted by molar-refractivity contribution is 5.71. The normalized spacial score (nSPS) is 10.9. The molecule has 0 saturated heterocycles.